The molecule has 3 rings (SSSR count). The zero-order valence-corrected chi connectivity index (χ0v) is 7.09. The molecule has 62 valence electrons. The van der Waals surface area contributed by atoms with Crippen molar-refractivity contribution >= 4 is 6.21 Å². The standard InChI is InChI=1S/C11H13N/c12-6-11-9-4-7-2-1-3-8(7)5-10(9)11/h6-12H,2,4-5H2/t7?,8?,9?,10-,11?/m0/s1. The molecule has 0 heterocycles. The Kier molecular flexibility index (Phi) is 1.19. The van der Waals surface area contributed by atoms with Gasteiger partial charge in [0, 0.05) is 12.3 Å². The van der Waals surface area contributed by atoms with Crippen LogP contribution in [-0.2, 0) is 0 Å². The Hall–Kier alpha value is -0.770. The van der Waals surface area contributed by atoms with Crippen LogP contribution in [0.25, 0.3) is 0 Å². The lowest BCUT2D eigenvalue weighted by molar-refractivity contribution is 0.296. The third kappa shape index (κ3) is 0.732. The maximum Gasteiger partial charge on any atom is 0.0243 e. The van der Waals surface area contributed by atoms with Gasteiger partial charge in [0.05, 0.1) is 0 Å². The molecule has 1 N–H and O–H groups in total. The third-order valence-corrected chi connectivity index (χ3v) is 3.91. The van der Waals surface area contributed by atoms with Crippen LogP contribution in [0.3, 0.4) is 0 Å². The van der Waals surface area contributed by atoms with E-state index in [9.17, 15) is 0 Å². The molecule has 0 aromatic carbocycles. The van der Waals surface area contributed by atoms with Crippen LogP contribution in [0, 0.1) is 46.8 Å². The third-order valence-electron chi connectivity index (χ3n) is 3.91. The molecule has 1 heteroatoms. The molecule has 4 unspecified atom stereocenters. The molecule has 2 fully saturated rings. The first-order valence-corrected chi connectivity index (χ1v) is 4.89. The first kappa shape index (κ1) is 6.71. The van der Waals surface area contributed by atoms with E-state index in [1.165, 1.54) is 12.8 Å². The van der Waals surface area contributed by atoms with Crippen LogP contribution < -0.4 is 0 Å². The summed E-state index contributed by atoms with van der Waals surface area (Å²) in [6.45, 7) is 0. The highest BCUT2D eigenvalue weighted by Crippen LogP contribution is 2.58. The lowest BCUT2D eigenvalue weighted by Gasteiger charge is -2.22. The summed E-state index contributed by atoms with van der Waals surface area (Å²) in [5.41, 5.74) is 0. The topological polar surface area (TPSA) is 23.9 Å². The van der Waals surface area contributed by atoms with Gasteiger partial charge in [-0.05, 0) is 42.7 Å². The van der Waals surface area contributed by atoms with Gasteiger partial charge < -0.3 is 5.41 Å². The summed E-state index contributed by atoms with van der Waals surface area (Å²) in [6.07, 6.45) is 5.44. The summed E-state index contributed by atoms with van der Waals surface area (Å²) in [5, 5.41) is 7.26. The summed E-state index contributed by atoms with van der Waals surface area (Å²) in [7, 11) is 0. The molecule has 12 heavy (non-hydrogen) atoms. The zero-order valence-electron chi connectivity index (χ0n) is 7.09. The van der Waals surface area contributed by atoms with E-state index in [2.05, 4.69) is 11.8 Å². The predicted octanol–water partition coefficient (Wildman–Crippen LogP) is 1.93. The van der Waals surface area contributed by atoms with Crippen LogP contribution in [-0.4, -0.2) is 6.21 Å². The van der Waals surface area contributed by atoms with E-state index in [1.54, 1.807) is 6.21 Å². The molecule has 3 aliphatic rings. The van der Waals surface area contributed by atoms with Crippen LogP contribution in [0.1, 0.15) is 19.3 Å². The van der Waals surface area contributed by atoms with Gasteiger partial charge >= 0.3 is 0 Å². The molecule has 0 radical (unpaired) electrons. The van der Waals surface area contributed by atoms with Gasteiger partial charge in [0.15, 0.2) is 0 Å². The Labute approximate surface area is 73.1 Å². The van der Waals surface area contributed by atoms with Gasteiger partial charge in [-0.2, -0.15) is 0 Å². The Balaban J connectivity index is 1.78. The average molecular weight is 159 g/mol. The van der Waals surface area contributed by atoms with Crippen molar-refractivity contribution in [3.8, 4) is 11.8 Å². The highest BCUT2D eigenvalue weighted by atomic mass is 14.6. The van der Waals surface area contributed by atoms with Gasteiger partial charge in [0.2, 0.25) is 0 Å². The van der Waals surface area contributed by atoms with Gasteiger partial charge in [-0.3, -0.25) is 0 Å². The quantitative estimate of drug-likeness (QED) is 0.446. The predicted molar refractivity (Wildman–Crippen MR) is 47.9 cm³/mol. The molecule has 5 atom stereocenters. The van der Waals surface area contributed by atoms with Crippen molar-refractivity contribution in [2.45, 2.75) is 19.3 Å². The van der Waals surface area contributed by atoms with Gasteiger partial charge in [-0.25, -0.2) is 0 Å². The maximum absolute atomic E-state index is 7.26. The fourth-order valence-corrected chi connectivity index (χ4v) is 3.11. The largest absolute Gasteiger partial charge is 0.313 e. The van der Waals surface area contributed by atoms with Crippen molar-refractivity contribution in [3.05, 3.63) is 0 Å². The number of fused-ring (bicyclic) bond motifs is 2. The van der Waals surface area contributed by atoms with E-state index >= 15 is 0 Å². The summed E-state index contributed by atoms with van der Waals surface area (Å²) in [5.74, 6) is 10.5. The van der Waals surface area contributed by atoms with Crippen molar-refractivity contribution < 1.29 is 0 Å². The first-order chi connectivity index (χ1) is 5.90. The first-order valence-electron chi connectivity index (χ1n) is 4.89. The van der Waals surface area contributed by atoms with E-state index in [-0.39, 0.29) is 0 Å². The minimum Gasteiger partial charge on any atom is -0.313 e. The van der Waals surface area contributed by atoms with E-state index in [4.69, 9.17) is 5.41 Å². The molecule has 0 saturated heterocycles. The molecule has 0 aliphatic heterocycles. The van der Waals surface area contributed by atoms with E-state index in [0.29, 0.717) is 11.8 Å². The van der Waals surface area contributed by atoms with Crippen LogP contribution in [0.15, 0.2) is 0 Å². The van der Waals surface area contributed by atoms with Crippen molar-refractivity contribution in [2.75, 3.05) is 0 Å². The van der Waals surface area contributed by atoms with Gasteiger partial charge in [0.25, 0.3) is 0 Å². The number of hydrogen-bond acceptors (Lipinski definition) is 1. The highest BCUT2D eigenvalue weighted by Gasteiger charge is 2.54. The second kappa shape index (κ2) is 2.13. The van der Waals surface area contributed by atoms with E-state index in [1.807, 2.05) is 0 Å². The fraction of sp³-hybridized carbons (Fsp3) is 0.727. The lowest BCUT2D eigenvalue weighted by atomic mass is 9.81. The van der Waals surface area contributed by atoms with Crippen LogP contribution >= 0.6 is 0 Å². The molecular weight excluding hydrogens is 146 g/mol. The Morgan fingerprint density at radius 2 is 2.08 bits per heavy atom. The Morgan fingerprint density at radius 1 is 1.25 bits per heavy atom. The fourth-order valence-electron chi connectivity index (χ4n) is 3.11. The van der Waals surface area contributed by atoms with Crippen molar-refractivity contribution in [2.24, 2.45) is 29.6 Å². The van der Waals surface area contributed by atoms with Crippen molar-refractivity contribution in [1.29, 1.82) is 5.41 Å². The van der Waals surface area contributed by atoms with Crippen molar-refractivity contribution in [3.63, 3.8) is 0 Å². The molecule has 0 spiro atoms. The van der Waals surface area contributed by atoms with Gasteiger partial charge in [0.1, 0.15) is 0 Å². The monoisotopic (exact) mass is 159 g/mol. The minimum atomic E-state index is 0.636. The Morgan fingerprint density at radius 3 is 2.92 bits per heavy atom. The average Bonchev–Trinajstić information content (AvgIpc) is 2.54. The zero-order chi connectivity index (χ0) is 8.13. The molecule has 0 amide bonds. The molecule has 2 saturated carbocycles. The second-order valence-electron chi connectivity index (χ2n) is 4.43. The molecule has 1 nitrogen and oxygen atoms in total. The molecule has 0 aromatic heterocycles. The maximum atomic E-state index is 7.26. The summed E-state index contributed by atoms with van der Waals surface area (Å²) >= 11 is 0. The summed E-state index contributed by atoms with van der Waals surface area (Å²) in [6, 6.07) is 0. The van der Waals surface area contributed by atoms with Gasteiger partial charge in [-0.1, -0.05) is 5.92 Å². The van der Waals surface area contributed by atoms with E-state index in [0.717, 1.165) is 24.2 Å². The van der Waals surface area contributed by atoms with Crippen LogP contribution in [0.4, 0.5) is 0 Å². The number of rotatable bonds is 1. The Bertz CT molecular complexity index is 283. The minimum absolute atomic E-state index is 0.636. The molecule has 0 bridgehead atoms. The molecule has 3 aliphatic carbocycles. The molecular formula is C11H13N. The smallest absolute Gasteiger partial charge is 0.0243 e. The highest BCUT2D eigenvalue weighted by molar-refractivity contribution is 5.62. The number of nitrogens with one attached hydrogen (secondary N) is 1. The number of hydrogen-bond donors (Lipinski definition) is 1. The SMILES string of the molecule is N=CC1C2CC3CC#CC3C[C@H]12. The van der Waals surface area contributed by atoms with Crippen LogP contribution in [0.5, 0.6) is 0 Å². The molecule has 0 aromatic rings. The summed E-state index contributed by atoms with van der Waals surface area (Å²) < 4.78 is 0. The van der Waals surface area contributed by atoms with Gasteiger partial charge in [-0.15, -0.1) is 5.92 Å². The summed E-state index contributed by atoms with van der Waals surface area (Å²) in [4.78, 5) is 0. The van der Waals surface area contributed by atoms with E-state index < -0.39 is 0 Å². The van der Waals surface area contributed by atoms with Crippen LogP contribution in [0.2, 0.25) is 0 Å². The second-order valence-corrected chi connectivity index (χ2v) is 4.43. The van der Waals surface area contributed by atoms with Crippen molar-refractivity contribution in [1.82, 2.24) is 0 Å². The lowest BCUT2D eigenvalue weighted by Crippen LogP contribution is -2.15. The normalized spacial score (nSPS) is 53.2.